The van der Waals surface area contributed by atoms with Crippen molar-refractivity contribution in [3.8, 4) is 0 Å². The molecule has 0 aromatic heterocycles. The van der Waals surface area contributed by atoms with Gasteiger partial charge in [-0.15, -0.1) is 0 Å². The fraction of sp³-hybridized carbons (Fsp3) is 0.391. The van der Waals surface area contributed by atoms with Gasteiger partial charge in [0, 0.05) is 32.6 Å². The number of hydrogen-bond donors (Lipinski definition) is 1. The van der Waals surface area contributed by atoms with Gasteiger partial charge in [-0.25, -0.2) is 8.42 Å². The van der Waals surface area contributed by atoms with Crippen LogP contribution >= 0.6 is 0 Å². The van der Waals surface area contributed by atoms with Crippen molar-refractivity contribution in [2.75, 3.05) is 26.2 Å². The SMILES string of the molecule is C[C@H](NS(=O)(=O)c1ccccc1)C(=O)N1CCN(C(=O)CCCc2ccccc2)CC1. The van der Waals surface area contributed by atoms with Gasteiger partial charge in [-0.05, 0) is 37.5 Å². The van der Waals surface area contributed by atoms with E-state index in [4.69, 9.17) is 0 Å². The molecule has 2 amide bonds. The molecule has 1 heterocycles. The molecule has 1 saturated heterocycles. The molecule has 1 aliphatic heterocycles. The van der Waals surface area contributed by atoms with E-state index in [-0.39, 0.29) is 16.7 Å². The lowest BCUT2D eigenvalue weighted by Crippen LogP contribution is -2.55. The van der Waals surface area contributed by atoms with Crippen molar-refractivity contribution in [2.45, 2.75) is 37.1 Å². The van der Waals surface area contributed by atoms with Gasteiger partial charge in [0.05, 0.1) is 10.9 Å². The van der Waals surface area contributed by atoms with Crippen LogP contribution in [0.15, 0.2) is 65.6 Å². The van der Waals surface area contributed by atoms with Gasteiger partial charge in [0.2, 0.25) is 21.8 Å². The standard InChI is InChI=1S/C23H29N3O4S/c1-19(24-31(29,30)21-12-6-3-7-13-21)23(28)26-17-15-25(16-18-26)22(27)14-8-11-20-9-4-2-5-10-20/h2-7,9-10,12-13,19,24H,8,11,14-18H2,1H3/t19-/m0/s1. The monoisotopic (exact) mass is 443 g/mol. The molecule has 0 spiro atoms. The van der Waals surface area contributed by atoms with Crippen molar-refractivity contribution in [2.24, 2.45) is 0 Å². The molecule has 2 aromatic rings. The van der Waals surface area contributed by atoms with E-state index >= 15 is 0 Å². The van der Waals surface area contributed by atoms with Gasteiger partial charge in [-0.1, -0.05) is 48.5 Å². The van der Waals surface area contributed by atoms with Crippen molar-refractivity contribution < 1.29 is 18.0 Å². The van der Waals surface area contributed by atoms with E-state index in [2.05, 4.69) is 16.9 Å². The summed E-state index contributed by atoms with van der Waals surface area (Å²) >= 11 is 0. The molecule has 1 fully saturated rings. The number of hydrogen-bond acceptors (Lipinski definition) is 4. The summed E-state index contributed by atoms with van der Waals surface area (Å²) in [6.07, 6.45) is 2.14. The Bertz CT molecular complexity index is 972. The Labute approximate surface area is 184 Å². The van der Waals surface area contributed by atoms with Crippen LogP contribution in [0.4, 0.5) is 0 Å². The second-order valence-electron chi connectivity index (χ2n) is 7.70. The molecule has 0 aliphatic carbocycles. The lowest BCUT2D eigenvalue weighted by atomic mass is 10.1. The maximum Gasteiger partial charge on any atom is 0.241 e. The Morgan fingerprint density at radius 3 is 2.06 bits per heavy atom. The van der Waals surface area contributed by atoms with E-state index < -0.39 is 16.1 Å². The fourth-order valence-electron chi connectivity index (χ4n) is 3.65. The largest absolute Gasteiger partial charge is 0.339 e. The second-order valence-corrected chi connectivity index (χ2v) is 9.42. The fourth-order valence-corrected chi connectivity index (χ4v) is 4.87. The molecule has 7 nitrogen and oxygen atoms in total. The van der Waals surface area contributed by atoms with Crippen molar-refractivity contribution in [1.29, 1.82) is 0 Å². The van der Waals surface area contributed by atoms with E-state index in [1.54, 1.807) is 34.9 Å². The molecule has 0 bridgehead atoms. The molecular weight excluding hydrogens is 414 g/mol. The molecule has 8 heteroatoms. The number of carbonyl (C=O) groups is 2. The average molecular weight is 444 g/mol. The molecular formula is C23H29N3O4S. The molecule has 1 N–H and O–H groups in total. The molecule has 0 saturated carbocycles. The Kier molecular flexibility index (Phi) is 7.81. The van der Waals surface area contributed by atoms with Crippen molar-refractivity contribution in [3.63, 3.8) is 0 Å². The Morgan fingerprint density at radius 1 is 0.903 bits per heavy atom. The smallest absolute Gasteiger partial charge is 0.241 e. The molecule has 1 atom stereocenters. The van der Waals surface area contributed by atoms with Gasteiger partial charge < -0.3 is 9.80 Å². The number of amides is 2. The Balaban J connectivity index is 1.44. The normalized spacial score (nSPS) is 15.5. The zero-order valence-electron chi connectivity index (χ0n) is 17.7. The van der Waals surface area contributed by atoms with Crippen LogP contribution in [0.5, 0.6) is 0 Å². The van der Waals surface area contributed by atoms with Gasteiger partial charge >= 0.3 is 0 Å². The van der Waals surface area contributed by atoms with E-state index in [0.717, 1.165) is 12.8 Å². The van der Waals surface area contributed by atoms with Gasteiger partial charge in [0.15, 0.2) is 0 Å². The minimum Gasteiger partial charge on any atom is -0.339 e. The number of benzene rings is 2. The first kappa shape index (κ1) is 23.0. The van der Waals surface area contributed by atoms with Crippen LogP contribution in [-0.4, -0.2) is 62.3 Å². The van der Waals surface area contributed by atoms with Gasteiger partial charge in [0.1, 0.15) is 0 Å². The summed E-state index contributed by atoms with van der Waals surface area (Å²) in [5.74, 6) is -0.184. The summed E-state index contributed by atoms with van der Waals surface area (Å²) in [6.45, 7) is 3.29. The minimum absolute atomic E-state index is 0.0980. The lowest BCUT2D eigenvalue weighted by molar-refractivity contribution is -0.140. The third kappa shape index (κ3) is 6.38. The van der Waals surface area contributed by atoms with Crippen LogP contribution < -0.4 is 4.72 Å². The number of aryl methyl sites for hydroxylation is 1. The highest BCUT2D eigenvalue weighted by Gasteiger charge is 2.29. The average Bonchev–Trinajstić information content (AvgIpc) is 2.79. The number of sulfonamides is 1. The van der Waals surface area contributed by atoms with Crippen LogP contribution in [0.3, 0.4) is 0 Å². The summed E-state index contributed by atoms with van der Waals surface area (Å²) in [5.41, 5.74) is 1.22. The zero-order valence-corrected chi connectivity index (χ0v) is 18.6. The highest BCUT2D eigenvalue weighted by molar-refractivity contribution is 7.89. The number of piperazine rings is 1. The van der Waals surface area contributed by atoms with Crippen LogP contribution in [0, 0.1) is 0 Å². The third-order valence-corrected chi connectivity index (χ3v) is 6.96. The summed E-state index contributed by atoms with van der Waals surface area (Å²) < 4.78 is 27.3. The lowest BCUT2D eigenvalue weighted by Gasteiger charge is -2.36. The van der Waals surface area contributed by atoms with E-state index in [1.807, 2.05) is 18.2 Å². The molecule has 0 unspecified atom stereocenters. The first-order chi connectivity index (χ1) is 14.9. The summed E-state index contributed by atoms with van der Waals surface area (Å²) in [6, 6.07) is 17.2. The topological polar surface area (TPSA) is 86.8 Å². The predicted molar refractivity (Wildman–Crippen MR) is 119 cm³/mol. The molecule has 166 valence electrons. The van der Waals surface area contributed by atoms with Gasteiger partial charge in [-0.3, -0.25) is 9.59 Å². The van der Waals surface area contributed by atoms with E-state index in [0.29, 0.717) is 32.6 Å². The first-order valence-corrected chi connectivity index (χ1v) is 12.0. The number of carbonyl (C=O) groups excluding carboxylic acids is 2. The highest BCUT2D eigenvalue weighted by atomic mass is 32.2. The maximum absolute atomic E-state index is 12.7. The number of rotatable bonds is 8. The second kappa shape index (κ2) is 10.5. The van der Waals surface area contributed by atoms with Crippen LogP contribution in [0.2, 0.25) is 0 Å². The Hall–Kier alpha value is -2.71. The molecule has 31 heavy (non-hydrogen) atoms. The Morgan fingerprint density at radius 2 is 1.45 bits per heavy atom. The quantitative estimate of drug-likeness (QED) is 0.677. The number of nitrogens with zero attached hydrogens (tertiary/aromatic N) is 2. The van der Waals surface area contributed by atoms with Crippen LogP contribution in [-0.2, 0) is 26.0 Å². The predicted octanol–water partition coefficient (Wildman–Crippen LogP) is 2.05. The van der Waals surface area contributed by atoms with Gasteiger partial charge in [-0.2, -0.15) is 4.72 Å². The summed E-state index contributed by atoms with van der Waals surface area (Å²) in [7, 11) is -3.76. The summed E-state index contributed by atoms with van der Waals surface area (Å²) in [4.78, 5) is 28.7. The summed E-state index contributed by atoms with van der Waals surface area (Å²) in [5, 5.41) is 0. The van der Waals surface area contributed by atoms with Gasteiger partial charge in [0.25, 0.3) is 0 Å². The van der Waals surface area contributed by atoms with Crippen LogP contribution in [0.1, 0.15) is 25.3 Å². The maximum atomic E-state index is 12.7. The van der Waals surface area contributed by atoms with Crippen molar-refractivity contribution in [1.82, 2.24) is 14.5 Å². The van der Waals surface area contributed by atoms with Crippen molar-refractivity contribution >= 4 is 21.8 Å². The molecule has 3 rings (SSSR count). The highest BCUT2D eigenvalue weighted by Crippen LogP contribution is 2.12. The van der Waals surface area contributed by atoms with Crippen LogP contribution in [0.25, 0.3) is 0 Å². The molecule has 1 aliphatic rings. The minimum atomic E-state index is -3.76. The van der Waals surface area contributed by atoms with E-state index in [1.165, 1.54) is 17.7 Å². The van der Waals surface area contributed by atoms with Crippen molar-refractivity contribution in [3.05, 3.63) is 66.2 Å². The zero-order chi connectivity index (χ0) is 22.3. The molecule has 2 aromatic carbocycles. The van der Waals surface area contributed by atoms with E-state index in [9.17, 15) is 18.0 Å². The third-order valence-electron chi connectivity index (χ3n) is 5.40. The first-order valence-electron chi connectivity index (χ1n) is 10.5. The molecule has 0 radical (unpaired) electrons. The number of nitrogens with one attached hydrogen (secondary N) is 1.